The summed E-state index contributed by atoms with van der Waals surface area (Å²) in [5, 5.41) is 2.96. The van der Waals surface area contributed by atoms with Crippen LogP contribution in [0.1, 0.15) is 28.9 Å². The van der Waals surface area contributed by atoms with Gasteiger partial charge in [-0.3, -0.25) is 4.79 Å². The molecule has 5 heteroatoms. The van der Waals surface area contributed by atoms with Gasteiger partial charge < -0.3 is 19.5 Å². The Hall–Kier alpha value is -2.69. The molecule has 0 radical (unpaired) electrons. The molecule has 0 saturated carbocycles. The number of carbonyl (C=O) groups is 1. The fourth-order valence-corrected chi connectivity index (χ4v) is 2.31. The van der Waals surface area contributed by atoms with E-state index in [1.165, 1.54) is 0 Å². The molecule has 2 aromatic carbocycles. The Labute approximate surface area is 128 Å². The van der Waals surface area contributed by atoms with Crippen LogP contribution in [0.2, 0.25) is 0 Å². The van der Waals surface area contributed by atoms with Gasteiger partial charge in [-0.05, 0) is 42.8 Å². The maximum atomic E-state index is 12.3. The molecule has 0 aromatic heterocycles. The maximum Gasteiger partial charge on any atom is 0.251 e. The number of ether oxygens (including phenoxy) is 3. The van der Waals surface area contributed by atoms with E-state index in [4.69, 9.17) is 14.2 Å². The molecule has 1 unspecified atom stereocenters. The van der Waals surface area contributed by atoms with Crippen molar-refractivity contribution in [3.05, 3.63) is 53.6 Å². The van der Waals surface area contributed by atoms with E-state index in [9.17, 15) is 4.79 Å². The minimum Gasteiger partial charge on any atom is -0.497 e. The van der Waals surface area contributed by atoms with Gasteiger partial charge in [0.15, 0.2) is 11.5 Å². The molecular weight excluding hydrogens is 282 g/mol. The van der Waals surface area contributed by atoms with Crippen LogP contribution < -0.4 is 19.5 Å². The van der Waals surface area contributed by atoms with Crippen LogP contribution >= 0.6 is 0 Å². The minimum absolute atomic E-state index is 0.145. The Morgan fingerprint density at radius 1 is 1.18 bits per heavy atom. The second kappa shape index (κ2) is 5.97. The number of amides is 1. The fraction of sp³-hybridized carbons (Fsp3) is 0.235. The summed E-state index contributed by atoms with van der Waals surface area (Å²) in [6, 6.07) is 12.6. The molecule has 1 N–H and O–H groups in total. The number of hydrogen-bond donors (Lipinski definition) is 1. The van der Waals surface area contributed by atoms with Crippen LogP contribution in [0.3, 0.4) is 0 Å². The molecule has 5 nitrogen and oxygen atoms in total. The molecule has 0 spiro atoms. The summed E-state index contributed by atoms with van der Waals surface area (Å²) < 4.78 is 15.8. The summed E-state index contributed by atoms with van der Waals surface area (Å²) in [6.45, 7) is 2.17. The van der Waals surface area contributed by atoms with Gasteiger partial charge in [0.2, 0.25) is 6.79 Å². The lowest BCUT2D eigenvalue weighted by atomic mass is 10.1. The molecule has 114 valence electrons. The highest BCUT2D eigenvalue weighted by atomic mass is 16.7. The van der Waals surface area contributed by atoms with Crippen molar-refractivity contribution >= 4 is 5.91 Å². The van der Waals surface area contributed by atoms with E-state index in [-0.39, 0.29) is 18.7 Å². The van der Waals surface area contributed by atoms with Gasteiger partial charge in [0, 0.05) is 5.56 Å². The van der Waals surface area contributed by atoms with Gasteiger partial charge in [0.25, 0.3) is 5.91 Å². The van der Waals surface area contributed by atoms with Crippen molar-refractivity contribution in [2.45, 2.75) is 13.0 Å². The van der Waals surface area contributed by atoms with Crippen LogP contribution in [0.15, 0.2) is 42.5 Å². The van der Waals surface area contributed by atoms with Crippen LogP contribution in [0.4, 0.5) is 0 Å². The van der Waals surface area contributed by atoms with Crippen molar-refractivity contribution in [1.82, 2.24) is 5.32 Å². The van der Waals surface area contributed by atoms with E-state index in [0.29, 0.717) is 17.1 Å². The molecule has 1 atom stereocenters. The quantitative estimate of drug-likeness (QED) is 0.943. The molecular formula is C17H17NO4. The summed E-state index contributed by atoms with van der Waals surface area (Å²) in [5.74, 6) is 1.95. The fourth-order valence-electron chi connectivity index (χ4n) is 2.31. The highest BCUT2D eigenvalue weighted by molar-refractivity contribution is 5.94. The van der Waals surface area contributed by atoms with Crippen molar-refractivity contribution < 1.29 is 19.0 Å². The second-order valence-electron chi connectivity index (χ2n) is 5.04. The number of carbonyl (C=O) groups excluding carboxylic acids is 1. The van der Waals surface area contributed by atoms with E-state index in [0.717, 1.165) is 11.3 Å². The Morgan fingerprint density at radius 3 is 2.82 bits per heavy atom. The van der Waals surface area contributed by atoms with Gasteiger partial charge >= 0.3 is 0 Å². The molecule has 3 rings (SSSR count). The van der Waals surface area contributed by atoms with E-state index >= 15 is 0 Å². The Bertz CT molecular complexity index is 699. The molecule has 2 aromatic rings. The largest absolute Gasteiger partial charge is 0.497 e. The number of benzene rings is 2. The van der Waals surface area contributed by atoms with Crippen LogP contribution in [0, 0.1) is 0 Å². The van der Waals surface area contributed by atoms with E-state index in [2.05, 4.69) is 5.32 Å². The van der Waals surface area contributed by atoms with Crippen LogP contribution in [0.5, 0.6) is 17.2 Å². The summed E-state index contributed by atoms with van der Waals surface area (Å²) >= 11 is 0. The SMILES string of the molecule is COc1cccc(C(=O)NC(C)c2ccc3c(c2)OCO3)c1. The second-order valence-corrected chi connectivity index (χ2v) is 5.04. The Kier molecular flexibility index (Phi) is 3.87. The third-order valence-electron chi connectivity index (χ3n) is 3.58. The van der Waals surface area contributed by atoms with Gasteiger partial charge in [0.1, 0.15) is 5.75 Å². The lowest BCUT2D eigenvalue weighted by molar-refractivity contribution is 0.0939. The summed E-state index contributed by atoms with van der Waals surface area (Å²) in [7, 11) is 1.58. The Balaban J connectivity index is 1.73. The highest BCUT2D eigenvalue weighted by Gasteiger charge is 2.17. The lowest BCUT2D eigenvalue weighted by Gasteiger charge is -2.15. The number of methoxy groups -OCH3 is 1. The van der Waals surface area contributed by atoms with Gasteiger partial charge in [-0.2, -0.15) is 0 Å². The van der Waals surface area contributed by atoms with Gasteiger partial charge in [0.05, 0.1) is 13.2 Å². The first-order chi connectivity index (χ1) is 10.7. The van der Waals surface area contributed by atoms with Gasteiger partial charge in [-0.1, -0.05) is 12.1 Å². The summed E-state index contributed by atoms with van der Waals surface area (Å²) in [5.41, 5.74) is 1.52. The third-order valence-corrected chi connectivity index (χ3v) is 3.58. The lowest BCUT2D eigenvalue weighted by Crippen LogP contribution is -2.26. The molecule has 0 aliphatic carbocycles. The predicted octanol–water partition coefficient (Wildman–Crippen LogP) is 2.91. The van der Waals surface area contributed by atoms with Crippen molar-refractivity contribution in [3.8, 4) is 17.2 Å². The number of nitrogens with one attached hydrogen (secondary N) is 1. The first-order valence-corrected chi connectivity index (χ1v) is 7.02. The first-order valence-electron chi connectivity index (χ1n) is 7.02. The topological polar surface area (TPSA) is 56.8 Å². The first kappa shape index (κ1) is 14.3. The average Bonchev–Trinajstić information content (AvgIpc) is 3.02. The van der Waals surface area contributed by atoms with E-state index < -0.39 is 0 Å². The normalized spacial score (nSPS) is 13.5. The number of hydrogen-bond acceptors (Lipinski definition) is 4. The molecule has 1 aliphatic rings. The molecule has 0 bridgehead atoms. The molecule has 1 amide bonds. The predicted molar refractivity (Wildman–Crippen MR) is 81.4 cm³/mol. The zero-order chi connectivity index (χ0) is 15.5. The zero-order valence-corrected chi connectivity index (χ0v) is 12.5. The zero-order valence-electron chi connectivity index (χ0n) is 12.5. The summed E-state index contributed by atoms with van der Waals surface area (Å²) in [4.78, 5) is 12.3. The van der Waals surface area contributed by atoms with Crippen LogP contribution in [0.25, 0.3) is 0 Å². The summed E-state index contributed by atoms with van der Waals surface area (Å²) in [6.07, 6.45) is 0. The van der Waals surface area contributed by atoms with E-state index in [1.54, 1.807) is 31.4 Å². The van der Waals surface area contributed by atoms with Gasteiger partial charge in [-0.15, -0.1) is 0 Å². The van der Waals surface area contributed by atoms with Crippen molar-refractivity contribution in [3.63, 3.8) is 0 Å². The van der Waals surface area contributed by atoms with Crippen molar-refractivity contribution in [2.24, 2.45) is 0 Å². The maximum absolute atomic E-state index is 12.3. The average molecular weight is 299 g/mol. The van der Waals surface area contributed by atoms with Crippen LogP contribution in [-0.2, 0) is 0 Å². The van der Waals surface area contributed by atoms with E-state index in [1.807, 2.05) is 25.1 Å². The third kappa shape index (κ3) is 2.83. The number of rotatable bonds is 4. The monoisotopic (exact) mass is 299 g/mol. The molecule has 22 heavy (non-hydrogen) atoms. The van der Waals surface area contributed by atoms with Crippen LogP contribution in [-0.4, -0.2) is 19.8 Å². The van der Waals surface area contributed by atoms with Gasteiger partial charge in [-0.25, -0.2) is 0 Å². The van der Waals surface area contributed by atoms with Crippen molar-refractivity contribution in [2.75, 3.05) is 13.9 Å². The molecule has 0 saturated heterocycles. The molecule has 0 fully saturated rings. The minimum atomic E-state index is -0.149. The molecule has 1 aliphatic heterocycles. The standard InChI is InChI=1S/C17H17NO4/c1-11(12-6-7-15-16(9-12)22-10-21-15)18-17(19)13-4-3-5-14(8-13)20-2/h3-9,11H,10H2,1-2H3,(H,18,19). The molecule has 1 heterocycles. The Morgan fingerprint density at radius 2 is 2.00 bits per heavy atom. The number of fused-ring (bicyclic) bond motifs is 1. The highest BCUT2D eigenvalue weighted by Crippen LogP contribution is 2.34. The van der Waals surface area contributed by atoms with Crippen molar-refractivity contribution in [1.29, 1.82) is 0 Å². The smallest absolute Gasteiger partial charge is 0.251 e.